The quantitative estimate of drug-likeness (QED) is 0.606. The van der Waals surface area contributed by atoms with E-state index in [9.17, 15) is 4.79 Å². The summed E-state index contributed by atoms with van der Waals surface area (Å²) in [5, 5.41) is 2.20. The highest BCUT2D eigenvalue weighted by Crippen LogP contribution is 2.25. The molecule has 0 N–H and O–H groups in total. The van der Waals surface area contributed by atoms with Gasteiger partial charge in [-0.1, -0.05) is 18.2 Å². The van der Waals surface area contributed by atoms with Gasteiger partial charge in [0.1, 0.15) is 18.7 Å². The summed E-state index contributed by atoms with van der Waals surface area (Å²) in [7, 11) is 0. The first-order chi connectivity index (χ1) is 13.8. The van der Waals surface area contributed by atoms with Crippen molar-refractivity contribution in [3.05, 3.63) is 71.5 Å². The first-order valence-electron chi connectivity index (χ1n) is 8.57. The second kappa shape index (κ2) is 8.13. The van der Waals surface area contributed by atoms with E-state index in [4.69, 9.17) is 4.74 Å². The Balaban J connectivity index is 1.93. The number of para-hydroxylation sites is 1. The summed E-state index contributed by atoms with van der Waals surface area (Å²) < 4.78 is 5.73. The van der Waals surface area contributed by atoms with Crippen LogP contribution in [0.25, 0.3) is 17.1 Å². The van der Waals surface area contributed by atoms with Crippen LogP contribution in [0.5, 0.6) is 5.75 Å². The van der Waals surface area contributed by atoms with Gasteiger partial charge in [-0.05, 0) is 36.4 Å². The number of aliphatic imine (C=N–C) groups is 2. The van der Waals surface area contributed by atoms with Crippen molar-refractivity contribution >= 4 is 41.3 Å². The minimum atomic E-state index is -0.454. The lowest BCUT2D eigenvalue weighted by atomic mass is 10.2. The summed E-state index contributed by atoms with van der Waals surface area (Å²) >= 11 is 0. The van der Waals surface area contributed by atoms with E-state index in [2.05, 4.69) is 24.9 Å². The van der Waals surface area contributed by atoms with Gasteiger partial charge in [0.15, 0.2) is 5.82 Å². The Morgan fingerprint density at radius 3 is 2.93 bits per heavy atom. The number of aromatic nitrogens is 2. The Hall–Kier alpha value is -4.00. The number of allylic oxidation sites excluding steroid dienone is 1. The molecule has 0 fully saturated rings. The summed E-state index contributed by atoms with van der Waals surface area (Å²) in [6.45, 7) is 0.330. The van der Waals surface area contributed by atoms with Gasteiger partial charge >= 0.3 is 0 Å². The van der Waals surface area contributed by atoms with Crippen LogP contribution in [0.4, 0.5) is 5.82 Å². The fraction of sp³-hybridized carbons (Fsp3) is 0.0476. The van der Waals surface area contributed by atoms with Crippen LogP contribution in [0.3, 0.4) is 0 Å². The van der Waals surface area contributed by atoms with Crippen LogP contribution in [0, 0.1) is 0 Å². The maximum absolute atomic E-state index is 11.7. The van der Waals surface area contributed by atoms with Crippen LogP contribution in [0.1, 0.15) is 0 Å². The topological polar surface area (TPSA) is 89.2 Å². The standard InChI is InChI=1S/C21H15N5O2/c27-20-13-22-12-15-5-1-2-6-18(15)26-21-17-11-16(28-10-4-3-9-23-20)7-8-19(17)24-14-25-21/h1-9,11-14H,10H2/b4-3-,15-12-,22-13?,23-9?,26-18?. The van der Waals surface area contributed by atoms with Crippen LogP contribution >= 0.6 is 0 Å². The maximum Gasteiger partial charge on any atom is 0.288 e. The molecule has 136 valence electrons. The predicted octanol–water partition coefficient (Wildman–Crippen LogP) is 1.94. The SMILES string of the molecule is O=C1C=N/C=c2/ccccc2=Nc2ncnc3ccc(cc23)OC/C=C\C=N1. The number of amides is 1. The molecule has 0 saturated heterocycles. The van der Waals surface area contributed by atoms with Crippen LogP contribution in [-0.4, -0.2) is 34.9 Å². The molecule has 2 bridgehead atoms. The molecule has 7 heteroatoms. The van der Waals surface area contributed by atoms with Crippen molar-refractivity contribution in [2.45, 2.75) is 0 Å². The number of rotatable bonds is 0. The van der Waals surface area contributed by atoms with Crippen molar-refractivity contribution in [1.82, 2.24) is 9.97 Å². The van der Waals surface area contributed by atoms with Crippen molar-refractivity contribution < 1.29 is 9.53 Å². The van der Waals surface area contributed by atoms with Crippen molar-refractivity contribution in [3.8, 4) is 5.75 Å². The molecule has 0 unspecified atom stereocenters. The number of ether oxygens (including phenoxy) is 1. The smallest absolute Gasteiger partial charge is 0.288 e. The number of hydrogen-bond acceptors (Lipinski definition) is 6. The lowest BCUT2D eigenvalue weighted by Gasteiger charge is -2.05. The summed E-state index contributed by atoms with van der Waals surface area (Å²) in [5.41, 5.74) is 0.770. The Labute approximate surface area is 160 Å². The van der Waals surface area contributed by atoms with E-state index in [1.165, 1.54) is 12.5 Å². The van der Waals surface area contributed by atoms with E-state index in [0.29, 0.717) is 23.5 Å². The van der Waals surface area contributed by atoms with E-state index in [1.54, 1.807) is 18.4 Å². The van der Waals surface area contributed by atoms with Crippen LogP contribution in [-0.2, 0) is 4.79 Å². The highest BCUT2D eigenvalue weighted by molar-refractivity contribution is 6.28. The molecule has 7 nitrogen and oxygen atoms in total. The van der Waals surface area contributed by atoms with E-state index < -0.39 is 5.91 Å². The minimum Gasteiger partial charge on any atom is -0.490 e. The molecule has 0 spiro atoms. The van der Waals surface area contributed by atoms with E-state index >= 15 is 0 Å². The molecule has 2 aromatic carbocycles. The number of hydrogen-bond donors (Lipinski definition) is 0. The Bertz CT molecular complexity index is 1250. The molecular formula is C21H15N5O2. The van der Waals surface area contributed by atoms with Crippen molar-refractivity contribution in [3.63, 3.8) is 0 Å². The highest BCUT2D eigenvalue weighted by atomic mass is 16.5. The number of fused-ring (bicyclic) bond motifs is 2. The molecule has 1 amide bonds. The van der Waals surface area contributed by atoms with Crippen LogP contribution < -0.4 is 15.3 Å². The van der Waals surface area contributed by atoms with Crippen molar-refractivity contribution in [2.75, 3.05) is 6.61 Å². The summed E-state index contributed by atoms with van der Waals surface area (Å²) in [6.07, 6.45) is 9.01. The summed E-state index contributed by atoms with van der Waals surface area (Å²) in [6, 6.07) is 13.0. The lowest BCUT2D eigenvalue weighted by molar-refractivity contribution is -0.111. The largest absolute Gasteiger partial charge is 0.490 e. The van der Waals surface area contributed by atoms with Gasteiger partial charge in [-0.2, -0.15) is 0 Å². The highest BCUT2D eigenvalue weighted by Gasteiger charge is 2.05. The van der Waals surface area contributed by atoms with Crippen LogP contribution in [0.2, 0.25) is 0 Å². The fourth-order valence-electron chi connectivity index (χ4n) is 2.61. The number of benzene rings is 2. The molecule has 4 rings (SSSR count). The summed E-state index contributed by atoms with van der Waals surface area (Å²) in [5.74, 6) is 0.744. The zero-order valence-electron chi connectivity index (χ0n) is 14.8. The molecule has 0 radical (unpaired) electrons. The van der Waals surface area contributed by atoms with Gasteiger partial charge in [0, 0.05) is 23.0 Å². The van der Waals surface area contributed by atoms with Gasteiger partial charge in [0.05, 0.1) is 17.1 Å². The Kier molecular flexibility index (Phi) is 5.06. The minimum absolute atomic E-state index is 0.330. The second-order valence-electron chi connectivity index (χ2n) is 5.81. The van der Waals surface area contributed by atoms with Gasteiger partial charge in [0.25, 0.3) is 5.91 Å². The van der Waals surface area contributed by atoms with E-state index in [1.807, 2.05) is 42.5 Å². The first kappa shape index (κ1) is 17.4. The van der Waals surface area contributed by atoms with Gasteiger partial charge in [0.2, 0.25) is 0 Å². The average molecular weight is 369 g/mol. The van der Waals surface area contributed by atoms with Gasteiger partial charge in [-0.25, -0.2) is 20.0 Å². The Morgan fingerprint density at radius 2 is 1.96 bits per heavy atom. The third kappa shape index (κ3) is 4.04. The molecule has 2 heterocycles. The van der Waals surface area contributed by atoms with E-state index in [0.717, 1.165) is 22.3 Å². The normalized spacial score (nSPS) is 16.4. The first-order valence-corrected chi connectivity index (χ1v) is 8.57. The lowest BCUT2D eigenvalue weighted by Crippen LogP contribution is -2.23. The average Bonchev–Trinajstić information content (AvgIpc) is 2.72. The van der Waals surface area contributed by atoms with Crippen molar-refractivity contribution in [2.24, 2.45) is 15.0 Å². The number of carbonyl (C=O) groups excluding carboxylic acids is 1. The number of nitrogens with zero attached hydrogens (tertiary/aromatic N) is 5. The predicted molar refractivity (Wildman–Crippen MR) is 108 cm³/mol. The Morgan fingerprint density at radius 1 is 1.04 bits per heavy atom. The fourth-order valence-corrected chi connectivity index (χ4v) is 2.61. The van der Waals surface area contributed by atoms with E-state index in [-0.39, 0.29) is 0 Å². The monoisotopic (exact) mass is 369 g/mol. The summed E-state index contributed by atoms with van der Waals surface area (Å²) in [4.78, 5) is 32.8. The van der Waals surface area contributed by atoms with Gasteiger partial charge < -0.3 is 4.74 Å². The molecule has 1 aliphatic rings. The molecule has 1 aromatic heterocycles. The second-order valence-corrected chi connectivity index (χ2v) is 5.81. The molecular weight excluding hydrogens is 354 g/mol. The molecule has 3 aromatic rings. The zero-order valence-corrected chi connectivity index (χ0v) is 14.8. The molecule has 0 saturated carbocycles. The third-order valence-electron chi connectivity index (χ3n) is 3.92. The van der Waals surface area contributed by atoms with Crippen molar-refractivity contribution in [1.29, 1.82) is 0 Å². The number of carbonyl (C=O) groups is 1. The van der Waals surface area contributed by atoms with Crippen LogP contribution in [0.15, 0.2) is 75.9 Å². The molecule has 1 aliphatic heterocycles. The molecule has 28 heavy (non-hydrogen) atoms. The van der Waals surface area contributed by atoms with Gasteiger partial charge in [-0.3, -0.25) is 9.79 Å². The zero-order chi connectivity index (χ0) is 19.2. The molecule has 0 atom stereocenters. The molecule has 0 aliphatic carbocycles. The maximum atomic E-state index is 11.7. The third-order valence-corrected chi connectivity index (χ3v) is 3.92. The van der Waals surface area contributed by atoms with Gasteiger partial charge in [-0.15, -0.1) is 0 Å².